The Bertz CT molecular complexity index is 467. The van der Waals surface area contributed by atoms with E-state index < -0.39 is 0 Å². The van der Waals surface area contributed by atoms with Crippen LogP contribution in [0.25, 0.3) is 0 Å². The molecule has 0 N–H and O–H groups in total. The van der Waals surface area contributed by atoms with Crippen LogP contribution in [0.2, 0.25) is 10.3 Å². The van der Waals surface area contributed by atoms with Crippen LogP contribution in [-0.4, -0.2) is 28.2 Å². The van der Waals surface area contributed by atoms with E-state index in [2.05, 4.69) is 9.97 Å². The van der Waals surface area contributed by atoms with Crippen molar-refractivity contribution in [1.82, 2.24) is 9.97 Å². The molecule has 0 bridgehead atoms. The van der Waals surface area contributed by atoms with Crippen LogP contribution in [0.5, 0.6) is 0 Å². The molecule has 0 spiro atoms. The number of aryl methyl sites for hydroxylation is 1. The molecular formula is C9H7Cl2N3O2. The Labute approximate surface area is 101 Å². The fraction of sp³-hybridized carbons (Fsp3) is 0.333. The molecule has 0 saturated carbocycles. The Morgan fingerprint density at radius 1 is 1.19 bits per heavy atom. The summed E-state index contributed by atoms with van der Waals surface area (Å²) in [4.78, 5) is 31.7. The second-order valence-electron chi connectivity index (χ2n) is 3.40. The Balaban J connectivity index is 2.48. The summed E-state index contributed by atoms with van der Waals surface area (Å²) in [6, 6.07) is 0. The maximum Gasteiger partial charge on any atom is 0.235 e. The number of halogens is 2. The van der Waals surface area contributed by atoms with Gasteiger partial charge in [-0.15, -0.1) is 0 Å². The summed E-state index contributed by atoms with van der Waals surface area (Å²) in [7, 11) is 0. The quantitative estimate of drug-likeness (QED) is 0.565. The van der Waals surface area contributed by atoms with Crippen molar-refractivity contribution in [2.75, 3.05) is 11.4 Å². The number of ketones is 1. The summed E-state index contributed by atoms with van der Waals surface area (Å²) in [5.41, 5.74) is 0.213. The first-order chi connectivity index (χ1) is 7.49. The zero-order valence-electron chi connectivity index (χ0n) is 8.33. The van der Waals surface area contributed by atoms with E-state index in [-0.39, 0.29) is 40.6 Å². The minimum absolute atomic E-state index is 0.0231. The van der Waals surface area contributed by atoms with Gasteiger partial charge in [-0.05, 0) is 6.92 Å². The summed E-state index contributed by atoms with van der Waals surface area (Å²) < 4.78 is 0. The van der Waals surface area contributed by atoms with Crippen LogP contribution in [0.4, 0.5) is 5.69 Å². The third-order valence-corrected chi connectivity index (χ3v) is 2.69. The molecule has 2 heterocycles. The number of anilines is 1. The Kier molecular flexibility index (Phi) is 2.82. The van der Waals surface area contributed by atoms with Crippen LogP contribution < -0.4 is 4.90 Å². The molecule has 0 aromatic carbocycles. The average Bonchev–Trinajstić information content (AvgIpc) is 2.43. The highest BCUT2D eigenvalue weighted by molar-refractivity contribution is 6.39. The topological polar surface area (TPSA) is 63.2 Å². The van der Waals surface area contributed by atoms with Crippen molar-refractivity contribution in [1.29, 1.82) is 0 Å². The lowest BCUT2D eigenvalue weighted by Crippen LogP contribution is -2.26. The highest BCUT2D eigenvalue weighted by Crippen LogP contribution is 2.32. The monoisotopic (exact) mass is 259 g/mol. The lowest BCUT2D eigenvalue weighted by Gasteiger charge is -2.16. The zero-order valence-corrected chi connectivity index (χ0v) is 9.84. The van der Waals surface area contributed by atoms with E-state index in [1.54, 1.807) is 6.92 Å². The maximum absolute atomic E-state index is 11.5. The van der Waals surface area contributed by atoms with Gasteiger partial charge in [-0.2, -0.15) is 0 Å². The van der Waals surface area contributed by atoms with Gasteiger partial charge in [-0.25, -0.2) is 9.97 Å². The van der Waals surface area contributed by atoms with Crippen LogP contribution in [0.3, 0.4) is 0 Å². The molecule has 84 valence electrons. The van der Waals surface area contributed by atoms with Gasteiger partial charge in [0.25, 0.3) is 0 Å². The lowest BCUT2D eigenvalue weighted by molar-refractivity contribution is -0.121. The van der Waals surface area contributed by atoms with Gasteiger partial charge in [0.1, 0.15) is 11.5 Å². The molecule has 0 unspecified atom stereocenters. The molecule has 0 aliphatic carbocycles. The SMILES string of the molecule is Cc1nc(Cl)c(N2CC(=O)CC2=O)c(Cl)n1. The highest BCUT2D eigenvalue weighted by atomic mass is 35.5. The number of hydrogen-bond donors (Lipinski definition) is 0. The summed E-state index contributed by atoms with van der Waals surface area (Å²) in [6.45, 7) is 1.61. The Morgan fingerprint density at radius 3 is 2.19 bits per heavy atom. The third-order valence-electron chi connectivity index (χ3n) is 2.16. The molecule has 1 amide bonds. The largest absolute Gasteiger partial charge is 0.299 e. The molecule has 2 rings (SSSR count). The van der Waals surface area contributed by atoms with Crippen LogP contribution in [-0.2, 0) is 9.59 Å². The number of rotatable bonds is 1. The van der Waals surface area contributed by atoms with Gasteiger partial charge in [-0.1, -0.05) is 23.2 Å². The number of amides is 1. The van der Waals surface area contributed by atoms with E-state index in [0.717, 1.165) is 0 Å². The molecule has 16 heavy (non-hydrogen) atoms. The van der Waals surface area contributed by atoms with Crippen molar-refractivity contribution in [3.05, 3.63) is 16.1 Å². The summed E-state index contributed by atoms with van der Waals surface area (Å²) >= 11 is 11.8. The first-order valence-electron chi connectivity index (χ1n) is 4.50. The smallest absolute Gasteiger partial charge is 0.235 e. The van der Waals surface area contributed by atoms with Crippen molar-refractivity contribution in [3.8, 4) is 0 Å². The zero-order chi connectivity index (χ0) is 11.9. The van der Waals surface area contributed by atoms with E-state index in [4.69, 9.17) is 23.2 Å². The van der Waals surface area contributed by atoms with Crippen molar-refractivity contribution in [3.63, 3.8) is 0 Å². The fourth-order valence-electron chi connectivity index (χ4n) is 1.51. The fourth-order valence-corrected chi connectivity index (χ4v) is 2.19. The van der Waals surface area contributed by atoms with Crippen LogP contribution in [0, 0.1) is 6.92 Å². The van der Waals surface area contributed by atoms with E-state index in [9.17, 15) is 9.59 Å². The van der Waals surface area contributed by atoms with Gasteiger partial charge in [0.2, 0.25) is 5.91 Å². The Morgan fingerprint density at radius 2 is 1.75 bits per heavy atom. The van der Waals surface area contributed by atoms with Crippen molar-refractivity contribution < 1.29 is 9.59 Å². The van der Waals surface area contributed by atoms with Crippen LogP contribution in [0.1, 0.15) is 12.2 Å². The minimum atomic E-state index is -0.332. The molecule has 1 fully saturated rings. The predicted octanol–water partition coefficient (Wildman–Crippen LogP) is 1.40. The molecular weight excluding hydrogens is 253 g/mol. The molecule has 1 saturated heterocycles. The van der Waals surface area contributed by atoms with E-state index in [1.807, 2.05) is 0 Å². The number of carbonyl (C=O) groups excluding carboxylic acids is 2. The normalized spacial score (nSPS) is 16.1. The molecule has 1 aliphatic heterocycles. The van der Waals surface area contributed by atoms with Crippen LogP contribution in [0.15, 0.2) is 0 Å². The number of Topliss-reactive ketones (excluding diaryl/α,β-unsaturated/α-hetero) is 1. The number of carbonyl (C=O) groups is 2. The molecule has 1 aromatic rings. The van der Waals surface area contributed by atoms with Crippen LogP contribution >= 0.6 is 23.2 Å². The number of nitrogens with zero attached hydrogens (tertiary/aromatic N) is 3. The summed E-state index contributed by atoms with van der Waals surface area (Å²) in [5.74, 6) is -0.0873. The standard InChI is InChI=1S/C9H7Cl2N3O2/c1-4-12-8(10)7(9(11)13-4)14-3-5(15)2-6(14)16/h2-3H2,1H3. The van der Waals surface area contributed by atoms with Crippen molar-refractivity contribution >= 4 is 40.6 Å². The first-order valence-corrected chi connectivity index (χ1v) is 5.26. The second kappa shape index (κ2) is 3.99. The summed E-state index contributed by atoms with van der Waals surface area (Å²) in [6.07, 6.45) is -0.124. The molecule has 0 radical (unpaired) electrons. The van der Waals surface area contributed by atoms with E-state index in [0.29, 0.717) is 5.82 Å². The Hall–Kier alpha value is -1.20. The maximum atomic E-state index is 11.5. The highest BCUT2D eigenvalue weighted by Gasteiger charge is 2.32. The molecule has 1 aromatic heterocycles. The van der Waals surface area contributed by atoms with Gasteiger partial charge in [0.05, 0.1) is 13.0 Å². The third kappa shape index (κ3) is 1.88. The lowest BCUT2D eigenvalue weighted by atomic mass is 10.3. The van der Waals surface area contributed by atoms with E-state index in [1.165, 1.54) is 4.90 Å². The molecule has 5 nitrogen and oxygen atoms in total. The molecule has 1 aliphatic rings. The molecule has 0 atom stereocenters. The van der Waals surface area contributed by atoms with Gasteiger partial charge in [-0.3, -0.25) is 14.5 Å². The van der Waals surface area contributed by atoms with Crippen molar-refractivity contribution in [2.24, 2.45) is 0 Å². The van der Waals surface area contributed by atoms with Crippen molar-refractivity contribution in [2.45, 2.75) is 13.3 Å². The van der Waals surface area contributed by atoms with Gasteiger partial charge >= 0.3 is 0 Å². The number of hydrogen-bond acceptors (Lipinski definition) is 4. The first kappa shape index (κ1) is 11.3. The number of aromatic nitrogens is 2. The van der Waals surface area contributed by atoms with E-state index >= 15 is 0 Å². The predicted molar refractivity (Wildman–Crippen MR) is 58.8 cm³/mol. The summed E-state index contributed by atoms with van der Waals surface area (Å²) in [5, 5.41) is 0.168. The van der Waals surface area contributed by atoms with Gasteiger partial charge in [0, 0.05) is 0 Å². The molecule has 7 heteroatoms. The second-order valence-corrected chi connectivity index (χ2v) is 4.11. The minimum Gasteiger partial charge on any atom is -0.299 e. The van der Waals surface area contributed by atoms with Gasteiger partial charge < -0.3 is 0 Å². The van der Waals surface area contributed by atoms with Gasteiger partial charge in [0.15, 0.2) is 16.1 Å². The average molecular weight is 260 g/mol.